The largest absolute Gasteiger partial charge is 0.0950 e. The molecular formula is C28H26Si2. The molecule has 0 aliphatic heterocycles. The number of hydrogen-bond acceptors (Lipinski definition) is 0. The van der Waals surface area contributed by atoms with Crippen molar-refractivity contribution in [2.75, 3.05) is 0 Å². The van der Waals surface area contributed by atoms with Gasteiger partial charge in [-0.05, 0) is 33.6 Å². The molecule has 0 aliphatic carbocycles. The molecule has 0 fully saturated rings. The van der Waals surface area contributed by atoms with Gasteiger partial charge in [0.05, 0.1) is 16.8 Å². The van der Waals surface area contributed by atoms with Crippen LogP contribution in [-0.2, 0) is 0 Å². The van der Waals surface area contributed by atoms with E-state index in [2.05, 4.69) is 133 Å². The van der Waals surface area contributed by atoms with Crippen LogP contribution in [0.25, 0.3) is 0 Å². The van der Waals surface area contributed by atoms with Crippen LogP contribution in [0.1, 0.15) is 12.8 Å². The number of rotatable bonds is 7. The van der Waals surface area contributed by atoms with Gasteiger partial charge in [0.1, 0.15) is 0 Å². The maximum Gasteiger partial charge on any atom is 0.0760 e. The summed E-state index contributed by atoms with van der Waals surface area (Å²) in [6.07, 6.45) is 2.23. The first-order valence-corrected chi connectivity index (χ1v) is 13.7. The molecule has 30 heavy (non-hydrogen) atoms. The van der Waals surface area contributed by atoms with Gasteiger partial charge >= 0.3 is 0 Å². The van der Waals surface area contributed by atoms with E-state index in [1.54, 1.807) is 0 Å². The van der Waals surface area contributed by atoms with Crippen molar-refractivity contribution in [3.05, 3.63) is 121 Å². The fraction of sp³-hybridized carbons (Fsp3) is 0.0714. The van der Waals surface area contributed by atoms with E-state index in [9.17, 15) is 0 Å². The predicted molar refractivity (Wildman–Crippen MR) is 137 cm³/mol. The van der Waals surface area contributed by atoms with Gasteiger partial charge in [-0.3, -0.25) is 0 Å². The van der Waals surface area contributed by atoms with E-state index in [-0.39, 0.29) is 0 Å². The molecule has 4 aromatic carbocycles. The first-order chi connectivity index (χ1) is 14.9. The summed E-state index contributed by atoms with van der Waals surface area (Å²) in [4.78, 5) is 0. The van der Waals surface area contributed by atoms with Gasteiger partial charge < -0.3 is 0 Å². The molecule has 0 amide bonds. The van der Waals surface area contributed by atoms with E-state index in [0.717, 1.165) is 12.8 Å². The lowest BCUT2D eigenvalue weighted by atomic mass is 10.4. The van der Waals surface area contributed by atoms with Crippen LogP contribution in [0.4, 0.5) is 0 Å². The smallest absolute Gasteiger partial charge is 0.0760 e. The summed E-state index contributed by atoms with van der Waals surface area (Å²) in [6.45, 7) is 0. The molecule has 0 aromatic heterocycles. The second-order valence-corrected chi connectivity index (χ2v) is 12.1. The molecule has 0 heterocycles. The minimum absolute atomic E-state index is 0.859. The van der Waals surface area contributed by atoms with Crippen LogP contribution in [0.3, 0.4) is 0 Å². The molecule has 0 saturated heterocycles. The Kier molecular flexibility index (Phi) is 7.27. The third kappa shape index (κ3) is 5.35. The average molecular weight is 419 g/mol. The average Bonchev–Trinajstić information content (AvgIpc) is 2.84. The number of unbranched alkanes of at least 4 members (excludes halogenated alkanes) is 1. The van der Waals surface area contributed by atoms with Crippen molar-refractivity contribution in [2.24, 2.45) is 0 Å². The van der Waals surface area contributed by atoms with Crippen molar-refractivity contribution in [1.82, 2.24) is 0 Å². The summed E-state index contributed by atoms with van der Waals surface area (Å²) >= 11 is 0. The van der Waals surface area contributed by atoms with E-state index >= 15 is 0 Å². The minimum atomic E-state index is -0.859. The Labute approximate surface area is 182 Å². The van der Waals surface area contributed by atoms with E-state index in [1.165, 1.54) is 20.7 Å². The highest BCUT2D eigenvalue weighted by molar-refractivity contribution is 6.90. The van der Waals surface area contributed by atoms with Crippen molar-refractivity contribution in [3.63, 3.8) is 0 Å². The SMILES string of the molecule is C(CCC=[Si](c1ccccc1)c1ccccc1)=[Si](c1ccccc1)c1ccccc1. The van der Waals surface area contributed by atoms with Gasteiger partial charge in [0.15, 0.2) is 0 Å². The lowest BCUT2D eigenvalue weighted by Crippen LogP contribution is -2.37. The zero-order valence-electron chi connectivity index (χ0n) is 17.1. The summed E-state index contributed by atoms with van der Waals surface area (Å²) < 4.78 is 0. The van der Waals surface area contributed by atoms with Gasteiger partial charge in [0, 0.05) is 0 Å². The second kappa shape index (κ2) is 10.7. The Balaban J connectivity index is 1.60. The Morgan fingerprint density at radius 2 is 0.600 bits per heavy atom. The zero-order valence-corrected chi connectivity index (χ0v) is 19.1. The van der Waals surface area contributed by atoms with Gasteiger partial charge in [-0.2, -0.15) is 0 Å². The summed E-state index contributed by atoms with van der Waals surface area (Å²) in [5.41, 5.74) is 5.17. The number of benzene rings is 4. The molecule has 0 aliphatic rings. The topological polar surface area (TPSA) is 0 Å². The third-order valence-corrected chi connectivity index (χ3v) is 10.4. The van der Waals surface area contributed by atoms with Gasteiger partial charge in [-0.25, -0.2) is 0 Å². The molecule has 4 rings (SSSR count). The Hall–Kier alpha value is -2.95. The molecule has 0 unspecified atom stereocenters. The molecule has 2 heteroatoms. The normalized spacial score (nSPS) is 10.3. The first-order valence-electron chi connectivity index (χ1n) is 10.5. The van der Waals surface area contributed by atoms with Gasteiger partial charge in [0.2, 0.25) is 0 Å². The zero-order chi connectivity index (χ0) is 20.4. The summed E-state index contributed by atoms with van der Waals surface area (Å²) in [5, 5.41) is 5.85. The lowest BCUT2D eigenvalue weighted by molar-refractivity contribution is 1.23. The van der Waals surface area contributed by atoms with Crippen LogP contribution in [0.2, 0.25) is 0 Å². The van der Waals surface area contributed by atoms with Crippen molar-refractivity contribution < 1.29 is 0 Å². The maximum absolute atomic E-state index is 2.58. The minimum Gasteiger partial charge on any atom is -0.0950 e. The van der Waals surface area contributed by atoms with Gasteiger partial charge in [0.25, 0.3) is 0 Å². The van der Waals surface area contributed by atoms with Crippen LogP contribution < -0.4 is 20.7 Å². The van der Waals surface area contributed by atoms with Gasteiger partial charge in [-0.1, -0.05) is 133 Å². The van der Waals surface area contributed by atoms with E-state index in [4.69, 9.17) is 0 Å². The van der Waals surface area contributed by atoms with Crippen LogP contribution in [0.15, 0.2) is 121 Å². The van der Waals surface area contributed by atoms with E-state index in [0.29, 0.717) is 0 Å². The fourth-order valence-corrected chi connectivity index (χ4v) is 8.46. The lowest BCUT2D eigenvalue weighted by Gasteiger charge is -2.09. The molecular weight excluding hydrogens is 392 g/mol. The summed E-state index contributed by atoms with van der Waals surface area (Å²) in [5.74, 6) is 0. The van der Waals surface area contributed by atoms with Crippen molar-refractivity contribution in [2.45, 2.75) is 12.8 Å². The van der Waals surface area contributed by atoms with Crippen LogP contribution in [0.5, 0.6) is 0 Å². The van der Waals surface area contributed by atoms with E-state index in [1.807, 2.05) is 0 Å². The maximum atomic E-state index is 2.58. The Bertz CT molecular complexity index is 924. The molecule has 0 spiro atoms. The van der Waals surface area contributed by atoms with Crippen LogP contribution in [-0.4, -0.2) is 28.2 Å². The van der Waals surface area contributed by atoms with Crippen molar-refractivity contribution in [1.29, 1.82) is 0 Å². The monoisotopic (exact) mass is 418 g/mol. The molecule has 146 valence electrons. The highest BCUT2D eigenvalue weighted by Crippen LogP contribution is 1.92. The summed E-state index contributed by atoms with van der Waals surface area (Å²) in [7, 11) is -1.72. The van der Waals surface area contributed by atoms with Crippen molar-refractivity contribution in [3.8, 4) is 0 Å². The Morgan fingerprint density at radius 3 is 0.833 bits per heavy atom. The van der Waals surface area contributed by atoms with Crippen molar-refractivity contribution >= 4 is 48.9 Å². The highest BCUT2D eigenvalue weighted by atomic mass is 28.2. The summed E-state index contributed by atoms with van der Waals surface area (Å²) in [6, 6.07) is 44.0. The highest BCUT2D eigenvalue weighted by Gasteiger charge is 2.07. The van der Waals surface area contributed by atoms with Gasteiger partial charge in [-0.15, -0.1) is 0 Å². The number of hydrogen-bond donors (Lipinski definition) is 0. The Morgan fingerprint density at radius 1 is 0.367 bits per heavy atom. The van der Waals surface area contributed by atoms with Crippen LogP contribution in [0, 0.1) is 0 Å². The molecule has 0 bridgehead atoms. The first kappa shape index (κ1) is 20.3. The fourth-order valence-electron chi connectivity index (χ4n) is 3.73. The molecule has 4 aromatic rings. The standard InChI is InChI=1S/C28H26Si2/c1-5-15-25(16-6-1)29(26-17-7-2-8-18-26)23-13-14-24-30(27-19-9-3-10-20-27)28-21-11-4-12-22-28/h1-12,15-24H,13-14H2. The second-order valence-electron chi connectivity index (χ2n) is 7.28. The molecule has 0 saturated carbocycles. The van der Waals surface area contributed by atoms with Crippen LogP contribution >= 0.6 is 0 Å². The quantitative estimate of drug-likeness (QED) is 0.319. The predicted octanol–water partition coefficient (Wildman–Crippen LogP) is 3.15. The molecule has 0 radical (unpaired) electrons. The van der Waals surface area contributed by atoms with E-state index < -0.39 is 16.8 Å². The molecule has 0 N–H and O–H groups in total. The molecule has 0 nitrogen and oxygen atoms in total. The third-order valence-electron chi connectivity index (χ3n) is 5.20. The molecule has 0 atom stereocenters.